The number of esters is 1. The number of hydrogen-bond acceptors (Lipinski definition) is 8. The number of anilines is 1. The maximum Gasteiger partial charge on any atom is 0.412 e. The molecule has 1 unspecified atom stereocenters. The molecule has 0 aliphatic heterocycles. The number of hydrogen-bond donors (Lipinski definition) is 1. The molecule has 0 fully saturated rings. The fourth-order valence-electron chi connectivity index (χ4n) is 3.59. The van der Waals surface area contributed by atoms with E-state index in [2.05, 4.69) is 10.3 Å². The summed E-state index contributed by atoms with van der Waals surface area (Å²) in [6.45, 7) is 7.24. The first kappa shape index (κ1) is 26.9. The molecular formula is C27H30N2O6S. The Morgan fingerprint density at radius 2 is 1.81 bits per heavy atom. The predicted octanol–water partition coefficient (Wildman–Crippen LogP) is 5.80. The number of carbonyl (C=O) groups excluding carboxylic acids is 3. The van der Waals surface area contributed by atoms with Crippen LogP contribution >= 0.6 is 11.3 Å². The predicted molar refractivity (Wildman–Crippen MR) is 138 cm³/mol. The van der Waals surface area contributed by atoms with Gasteiger partial charge < -0.3 is 14.2 Å². The molecule has 0 bridgehead atoms. The van der Waals surface area contributed by atoms with Gasteiger partial charge in [-0.05, 0) is 63.6 Å². The number of rotatable bonds is 8. The molecule has 3 rings (SSSR count). The molecule has 0 saturated carbocycles. The highest BCUT2D eigenvalue weighted by molar-refractivity contribution is 7.14. The number of ether oxygens (including phenoxy) is 3. The van der Waals surface area contributed by atoms with Crippen molar-refractivity contribution < 1.29 is 28.6 Å². The molecule has 0 saturated heterocycles. The third-order valence-corrected chi connectivity index (χ3v) is 6.20. The SMILES string of the molecule is COC(=O)c1cccc(CC(C(=O)c2ccc(C)s2)c2ccc(OC)cc2NC(=O)OC(C)(C)C)n1. The van der Waals surface area contributed by atoms with Crippen LogP contribution in [0.2, 0.25) is 0 Å². The van der Waals surface area contributed by atoms with Crippen molar-refractivity contribution >= 4 is 34.9 Å². The number of methoxy groups -OCH3 is 2. The summed E-state index contributed by atoms with van der Waals surface area (Å²) in [6.07, 6.45) is -0.461. The van der Waals surface area contributed by atoms with Crippen LogP contribution < -0.4 is 10.1 Å². The summed E-state index contributed by atoms with van der Waals surface area (Å²) in [5.41, 5.74) is 0.936. The van der Waals surface area contributed by atoms with Gasteiger partial charge in [-0.25, -0.2) is 14.6 Å². The second kappa shape index (κ2) is 11.3. The largest absolute Gasteiger partial charge is 0.497 e. The van der Waals surface area contributed by atoms with Crippen molar-refractivity contribution in [3.8, 4) is 5.75 Å². The lowest BCUT2D eigenvalue weighted by Crippen LogP contribution is -2.28. The van der Waals surface area contributed by atoms with Crippen molar-refractivity contribution in [3.05, 3.63) is 75.2 Å². The molecule has 0 spiro atoms. The first-order valence-corrected chi connectivity index (χ1v) is 12.1. The third-order valence-electron chi connectivity index (χ3n) is 5.19. The topological polar surface area (TPSA) is 104 Å². The summed E-state index contributed by atoms with van der Waals surface area (Å²) in [4.78, 5) is 44.4. The first-order valence-electron chi connectivity index (χ1n) is 11.3. The van der Waals surface area contributed by atoms with Crippen LogP contribution in [0.3, 0.4) is 0 Å². The molecule has 1 amide bonds. The molecule has 8 nitrogen and oxygen atoms in total. The fraction of sp³-hybridized carbons (Fsp3) is 0.333. The Morgan fingerprint density at radius 3 is 2.42 bits per heavy atom. The van der Waals surface area contributed by atoms with E-state index in [1.807, 2.05) is 13.0 Å². The van der Waals surface area contributed by atoms with E-state index >= 15 is 0 Å². The van der Waals surface area contributed by atoms with E-state index in [9.17, 15) is 14.4 Å². The van der Waals surface area contributed by atoms with Crippen molar-refractivity contribution in [3.63, 3.8) is 0 Å². The number of benzene rings is 1. The van der Waals surface area contributed by atoms with Crippen molar-refractivity contribution in [1.82, 2.24) is 4.98 Å². The molecule has 190 valence electrons. The molecule has 2 heterocycles. The van der Waals surface area contributed by atoms with Gasteiger partial charge in [0.2, 0.25) is 0 Å². The van der Waals surface area contributed by atoms with E-state index in [1.165, 1.54) is 25.6 Å². The molecule has 36 heavy (non-hydrogen) atoms. The van der Waals surface area contributed by atoms with Crippen LogP contribution in [0.15, 0.2) is 48.5 Å². The van der Waals surface area contributed by atoms with Gasteiger partial charge in [0.25, 0.3) is 0 Å². The standard InChI is InChI=1S/C27H30N2O6S/c1-16-10-13-23(36-16)24(30)20(14-17-8-7-9-21(28-17)25(31)34-6)19-12-11-18(33-5)15-22(19)29-26(32)35-27(2,3)4/h7-13,15,20H,14H2,1-6H3,(H,29,32). The zero-order valence-electron chi connectivity index (χ0n) is 21.2. The van der Waals surface area contributed by atoms with Gasteiger partial charge in [-0.3, -0.25) is 10.1 Å². The van der Waals surface area contributed by atoms with Gasteiger partial charge in [-0.2, -0.15) is 0 Å². The van der Waals surface area contributed by atoms with E-state index in [4.69, 9.17) is 14.2 Å². The van der Waals surface area contributed by atoms with Crippen LogP contribution in [0.4, 0.5) is 10.5 Å². The van der Waals surface area contributed by atoms with Gasteiger partial charge in [-0.1, -0.05) is 12.1 Å². The molecule has 1 atom stereocenters. The number of Topliss-reactive ketones (excluding diaryl/α,β-unsaturated/α-hetero) is 1. The van der Waals surface area contributed by atoms with Gasteiger partial charge in [0.05, 0.1) is 30.7 Å². The van der Waals surface area contributed by atoms with Crippen LogP contribution in [0, 0.1) is 6.92 Å². The van der Waals surface area contributed by atoms with Gasteiger partial charge in [-0.15, -0.1) is 11.3 Å². The van der Waals surface area contributed by atoms with E-state index < -0.39 is 23.6 Å². The maximum absolute atomic E-state index is 13.8. The van der Waals surface area contributed by atoms with E-state index in [1.54, 1.807) is 63.2 Å². The minimum atomic E-state index is -0.709. The van der Waals surface area contributed by atoms with Crippen LogP contribution in [0.25, 0.3) is 0 Å². The van der Waals surface area contributed by atoms with E-state index in [0.29, 0.717) is 27.6 Å². The van der Waals surface area contributed by atoms with E-state index in [0.717, 1.165) is 4.88 Å². The molecule has 0 radical (unpaired) electrons. The van der Waals surface area contributed by atoms with Crippen LogP contribution in [-0.2, 0) is 15.9 Å². The summed E-state index contributed by atoms with van der Waals surface area (Å²) < 4.78 is 15.6. The molecular weight excluding hydrogens is 480 g/mol. The molecule has 2 aromatic heterocycles. The Labute approximate surface area is 214 Å². The van der Waals surface area contributed by atoms with Gasteiger partial charge in [0.15, 0.2) is 5.78 Å². The Balaban J connectivity index is 2.08. The highest BCUT2D eigenvalue weighted by atomic mass is 32.1. The van der Waals surface area contributed by atoms with Crippen LogP contribution in [-0.4, -0.2) is 42.7 Å². The average molecular weight is 511 g/mol. The number of thiophene rings is 1. The minimum absolute atomic E-state index is 0.129. The maximum atomic E-state index is 13.8. The number of carbonyl (C=O) groups is 3. The lowest BCUT2D eigenvalue weighted by molar-refractivity contribution is 0.0591. The zero-order valence-corrected chi connectivity index (χ0v) is 22.0. The molecule has 1 N–H and O–H groups in total. The van der Waals surface area contributed by atoms with Crippen molar-refractivity contribution in [2.75, 3.05) is 19.5 Å². The Bertz CT molecular complexity index is 1260. The molecule has 0 aliphatic rings. The number of pyridine rings is 1. The van der Waals surface area contributed by atoms with Gasteiger partial charge in [0.1, 0.15) is 17.0 Å². The summed E-state index contributed by atoms with van der Waals surface area (Å²) >= 11 is 1.40. The Morgan fingerprint density at radius 1 is 1.06 bits per heavy atom. The lowest BCUT2D eigenvalue weighted by atomic mass is 9.88. The second-order valence-corrected chi connectivity index (χ2v) is 10.4. The van der Waals surface area contributed by atoms with E-state index in [-0.39, 0.29) is 17.9 Å². The highest BCUT2D eigenvalue weighted by Gasteiger charge is 2.28. The lowest BCUT2D eigenvalue weighted by Gasteiger charge is -2.23. The van der Waals surface area contributed by atoms with Gasteiger partial charge >= 0.3 is 12.1 Å². The number of aryl methyl sites for hydroxylation is 1. The third kappa shape index (κ3) is 6.91. The average Bonchev–Trinajstić information content (AvgIpc) is 3.27. The van der Waals surface area contributed by atoms with Crippen molar-refractivity contribution in [2.45, 2.75) is 45.6 Å². The summed E-state index contributed by atoms with van der Waals surface area (Å²) in [7, 11) is 2.81. The van der Waals surface area contributed by atoms with Crippen molar-refractivity contribution in [1.29, 1.82) is 0 Å². The first-order chi connectivity index (χ1) is 17.0. The molecule has 3 aromatic rings. The molecule has 0 aliphatic carbocycles. The highest BCUT2D eigenvalue weighted by Crippen LogP contribution is 2.35. The normalized spacial score (nSPS) is 11.9. The monoisotopic (exact) mass is 510 g/mol. The van der Waals surface area contributed by atoms with Crippen LogP contribution in [0.1, 0.15) is 63.0 Å². The fourth-order valence-corrected chi connectivity index (χ4v) is 4.45. The quantitative estimate of drug-likeness (QED) is 0.302. The Hall–Kier alpha value is -3.72. The summed E-state index contributed by atoms with van der Waals surface area (Å²) in [5.74, 6) is -0.894. The zero-order chi connectivity index (χ0) is 26.5. The summed E-state index contributed by atoms with van der Waals surface area (Å²) in [5, 5.41) is 2.77. The molecule has 9 heteroatoms. The number of aromatic nitrogens is 1. The number of amides is 1. The molecule has 1 aromatic carbocycles. The number of ketones is 1. The smallest absolute Gasteiger partial charge is 0.412 e. The minimum Gasteiger partial charge on any atom is -0.497 e. The van der Waals surface area contributed by atoms with Crippen molar-refractivity contribution in [2.24, 2.45) is 0 Å². The van der Waals surface area contributed by atoms with Crippen LogP contribution in [0.5, 0.6) is 5.75 Å². The second-order valence-electron chi connectivity index (χ2n) is 9.12. The van der Waals surface area contributed by atoms with Gasteiger partial charge in [0, 0.05) is 23.1 Å². The number of nitrogens with one attached hydrogen (secondary N) is 1. The Kier molecular flexibility index (Phi) is 8.47. The summed E-state index contributed by atoms with van der Waals surface area (Å²) in [6, 6.07) is 13.8. The number of nitrogens with zero attached hydrogens (tertiary/aromatic N) is 1.